The summed E-state index contributed by atoms with van der Waals surface area (Å²) >= 11 is 11.8. The number of ether oxygens (including phenoxy) is 2. The number of benzene rings is 3. The van der Waals surface area contributed by atoms with Crippen molar-refractivity contribution in [2.24, 2.45) is 0 Å². The molecule has 33 heavy (non-hydrogen) atoms. The van der Waals surface area contributed by atoms with Crippen molar-refractivity contribution >= 4 is 50.5 Å². The van der Waals surface area contributed by atoms with Crippen LogP contribution in [0.4, 0.5) is 11.4 Å². The third-order valence-corrected chi connectivity index (χ3v) is 6.19. The van der Waals surface area contributed by atoms with E-state index in [9.17, 15) is 13.2 Å². The highest BCUT2D eigenvalue weighted by Gasteiger charge is 2.16. The molecule has 0 saturated heterocycles. The standard InChI is InChI=1S/C23H22Cl2N2O5S/c1-3-31-20-6-4-18(5-7-20)27-33(29,30)21-8-9-22(15(2)10-21)32-14-23(28)26-19-12-16(24)11-17(25)13-19/h4-13,27H,3,14H2,1-2H3,(H,26,28). The van der Waals surface area contributed by atoms with Crippen molar-refractivity contribution in [1.29, 1.82) is 0 Å². The molecule has 174 valence electrons. The number of hydrogen-bond donors (Lipinski definition) is 2. The molecule has 0 aliphatic carbocycles. The SMILES string of the molecule is CCOc1ccc(NS(=O)(=O)c2ccc(OCC(=O)Nc3cc(Cl)cc(Cl)c3)c(C)c2)cc1. The van der Waals surface area contributed by atoms with Crippen LogP contribution in [-0.4, -0.2) is 27.5 Å². The van der Waals surface area contributed by atoms with Gasteiger partial charge in [-0.05, 0) is 80.1 Å². The molecule has 0 radical (unpaired) electrons. The van der Waals surface area contributed by atoms with E-state index in [2.05, 4.69) is 10.0 Å². The molecule has 2 N–H and O–H groups in total. The van der Waals surface area contributed by atoms with E-state index in [1.165, 1.54) is 18.2 Å². The fourth-order valence-electron chi connectivity index (χ4n) is 2.92. The number of carbonyl (C=O) groups excluding carboxylic acids is 1. The minimum Gasteiger partial charge on any atom is -0.494 e. The van der Waals surface area contributed by atoms with E-state index in [0.29, 0.717) is 45.1 Å². The first-order valence-electron chi connectivity index (χ1n) is 9.91. The van der Waals surface area contributed by atoms with E-state index in [0.717, 1.165) is 0 Å². The van der Waals surface area contributed by atoms with E-state index >= 15 is 0 Å². The maximum atomic E-state index is 12.7. The lowest BCUT2D eigenvalue weighted by molar-refractivity contribution is -0.118. The summed E-state index contributed by atoms with van der Waals surface area (Å²) in [5.41, 5.74) is 1.41. The van der Waals surface area contributed by atoms with Crippen molar-refractivity contribution in [1.82, 2.24) is 0 Å². The molecule has 1 amide bonds. The first kappa shape index (κ1) is 24.7. The van der Waals surface area contributed by atoms with Crippen LogP contribution in [0.25, 0.3) is 0 Å². The van der Waals surface area contributed by atoms with Crippen LogP contribution in [0.2, 0.25) is 10.0 Å². The Hall–Kier alpha value is -2.94. The molecule has 0 saturated carbocycles. The number of aryl methyl sites for hydroxylation is 1. The second kappa shape index (κ2) is 10.8. The minimum absolute atomic E-state index is 0.0688. The second-order valence-electron chi connectivity index (χ2n) is 6.99. The van der Waals surface area contributed by atoms with Gasteiger partial charge in [0.05, 0.1) is 11.5 Å². The minimum atomic E-state index is -3.81. The highest BCUT2D eigenvalue weighted by atomic mass is 35.5. The Morgan fingerprint density at radius 3 is 2.18 bits per heavy atom. The van der Waals surface area contributed by atoms with Crippen LogP contribution in [0.3, 0.4) is 0 Å². The number of rotatable bonds is 9. The molecule has 0 spiro atoms. The molecule has 3 aromatic rings. The first-order chi connectivity index (χ1) is 15.7. The highest BCUT2D eigenvalue weighted by molar-refractivity contribution is 7.92. The summed E-state index contributed by atoms with van der Waals surface area (Å²) < 4.78 is 38.9. The van der Waals surface area contributed by atoms with Crippen molar-refractivity contribution in [3.05, 3.63) is 76.3 Å². The zero-order valence-corrected chi connectivity index (χ0v) is 20.2. The number of hydrogen-bond acceptors (Lipinski definition) is 5. The molecule has 0 fully saturated rings. The van der Waals surface area contributed by atoms with Gasteiger partial charge in [-0.1, -0.05) is 23.2 Å². The normalized spacial score (nSPS) is 11.0. The Bertz CT molecular complexity index is 1230. The summed E-state index contributed by atoms with van der Waals surface area (Å²) in [5.74, 6) is 0.621. The molecule has 0 aliphatic rings. The van der Waals surface area contributed by atoms with Gasteiger partial charge < -0.3 is 14.8 Å². The molecule has 0 aromatic heterocycles. The van der Waals surface area contributed by atoms with E-state index in [1.54, 1.807) is 49.4 Å². The van der Waals surface area contributed by atoms with Gasteiger partial charge in [-0.2, -0.15) is 0 Å². The average molecular weight is 509 g/mol. The fourth-order valence-corrected chi connectivity index (χ4v) is 4.59. The van der Waals surface area contributed by atoms with Crippen LogP contribution >= 0.6 is 23.2 Å². The number of amides is 1. The van der Waals surface area contributed by atoms with Crippen molar-refractivity contribution in [3.8, 4) is 11.5 Å². The van der Waals surface area contributed by atoms with Crippen LogP contribution in [0.1, 0.15) is 12.5 Å². The molecule has 7 nitrogen and oxygen atoms in total. The van der Waals surface area contributed by atoms with Gasteiger partial charge >= 0.3 is 0 Å². The monoisotopic (exact) mass is 508 g/mol. The van der Waals surface area contributed by atoms with Crippen LogP contribution in [0.15, 0.2) is 65.6 Å². The number of nitrogens with one attached hydrogen (secondary N) is 2. The molecular formula is C23H22Cl2N2O5S. The van der Waals surface area contributed by atoms with Gasteiger partial charge in [-0.25, -0.2) is 8.42 Å². The van der Waals surface area contributed by atoms with Crippen LogP contribution in [-0.2, 0) is 14.8 Å². The van der Waals surface area contributed by atoms with Gasteiger partial charge in [0.1, 0.15) is 11.5 Å². The smallest absolute Gasteiger partial charge is 0.262 e. The number of carbonyl (C=O) groups is 1. The van der Waals surface area contributed by atoms with Gasteiger partial charge in [0, 0.05) is 21.4 Å². The van der Waals surface area contributed by atoms with Crippen molar-refractivity contribution in [2.45, 2.75) is 18.7 Å². The predicted octanol–water partition coefficient (Wildman–Crippen LogP) is 5.52. The molecular weight excluding hydrogens is 487 g/mol. The van der Waals surface area contributed by atoms with E-state index in [1.807, 2.05) is 6.92 Å². The Morgan fingerprint density at radius 2 is 1.58 bits per heavy atom. The van der Waals surface area contributed by atoms with Gasteiger partial charge in [0.25, 0.3) is 15.9 Å². The third-order valence-electron chi connectivity index (χ3n) is 4.38. The van der Waals surface area contributed by atoms with Gasteiger partial charge in [-0.15, -0.1) is 0 Å². The zero-order valence-electron chi connectivity index (χ0n) is 17.9. The summed E-state index contributed by atoms with van der Waals surface area (Å²) in [7, 11) is -3.81. The summed E-state index contributed by atoms with van der Waals surface area (Å²) in [4.78, 5) is 12.2. The van der Waals surface area contributed by atoms with Crippen molar-refractivity contribution < 1.29 is 22.7 Å². The molecule has 0 bridgehead atoms. The average Bonchev–Trinajstić information content (AvgIpc) is 2.73. The molecule has 10 heteroatoms. The predicted molar refractivity (Wildman–Crippen MR) is 130 cm³/mol. The first-order valence-corrected chi connectivity index (χ1v) is 12.2. The Labute approximate surface area is 202 Å². The molecule has 0 aliphatic heterocycles. The topological polar surface area (TPSA) is 93.7 Å². The lowest BCUT2D eigenvalue weighted by Gasteiger charge is -2.13. The summed E-state index contributed by atoms with van der Waals surface area (Å²) in [6.07, 6.45) is 0. The quantitative estimate of drug-likeness (QED) is 0.396. The van der Waals surface area contributed by atoms with Gasteiger partial charge in [0.2, 0.25) is 0 Å². The van der Waals surface area contributed by atoms with Gasteiger partial charge in [0.15, 0.2) is 6.61 Å². The Balaban J connectivity index is 1.63. The highest BCUT2D eigenvalue weighted by Crippen LogP contribution is 2.25. The van der Waals surface area contributed by atoms with Crippen molar-refractivity contribution in [3.63, 3.8) is 0 Å². The molecule has 3 aromatic carbocycles. The molecule has 0 unspecified atom stereocenters. The summed E-state index contributed by atoms with van der Waals surface area (Å²) in [6, 6.07) is 15.7. The number of anilines is 2. The van der Waals surface area contributed by atoms with Crippen LogP contribution in [0, 0.1) is 6.92 Å². The lowest BCUT2D eigenvalue weighted by Crippen LogP contribution is -2.20. The Morgan fingerprint density at radius 1 is 0.909 bits per heavy atom. The summed E-state index contributed by atoms with van der Waals surface area (Å²) in [6.45, 7) is 3.81. The van der Waals surface area contributed by atoms with E-state index in [4.69, 9.17) is 32.7 Å². The largest absolute Gasteiger partial charge is 0.494 e. The van der Waals surface area contributed by atoms with Crippen LogP contribution in [0.5, 0.6) is 11.5 Å². The third kappa shape index (κ3) is 7.02. The van der Waals surface area contributed by atoms with E-state index < -0.39 is 15.9 Å². The molecule has 0 heterocycles. The zero-order chi connectivity index (χ0) is 24.0. The molecule has 3 rings (SSSR count). The fraction of sp³-hybridized carbons (Fsp3) is 0.174. The summed E-state index contributed by atoms with van der Waals surface area (Å²) in [5, 5.41) is 3.43. The maximum absolute atomic E-state index is 12.7. The van der Waals surface area contributed by atoms with Crippen LogP contribution < -0.4 is 19.5 Å². The Kier molecular flexibility index (Phi) is 8.07. The number of sulfonamides is 1. The molecule has 0 atom stereocenters. The van der Waals surface area contributed by atoms with Gasteiger partial charge in [-0.3, -0.25) is 9.52 Å². The maximum Gasteiger partial charge on any atom is 0.262 e. The van der Waals surface area contributed by atoms with E-state index in [-0.39, 0.29) is 11.5 Å². The lowest BCUT2D eigenvalue weighted by atomic mass is 10.2. The second-order valence-corrected chi connectivity index (χ2v) is 9.54. The number of halogens is 2. The van der Waals surface area contributed by atoms with Crippen molar-refractivity contribution in [2.75, 3.05) is 23.3 Å².